The van der Waals surface area contributed by atoms with Crippen molar-refractivity contribution in [3.05, 3.63) is 71.8 Å². The molecular weight excluding hydrogens is 458 g/mol. The molecular formula is C28H29N3O5. The van der Waals surface area contributed by atoms with Crippen LogP contribution in [0.1, 0.15) is 42.7 Å². The van der Waals surface area contributed by atoms with Gasteiger partial charge in [-0.1, -0.05) is 60.7 Å². The number of hydrogen-bond acceptors (Lipinski definition) is 6. The second-order valence-electron chi connectivity index (χ2n) is 9.40. The number of hydrogen-bond donors (Lipinski definition) is 0. The maximum Gasteiger partial charge on any atom is 0.332 e. The van der Waals surface area contributed by atoms with Gasteiger partial charge in [0.25, 0.3) is 0 Å². The number of carbonyl (C=O) groups is 4. The quantitative estimate of drug-likeness (QED) is 0.470. The van der Waals surface area contributed by atoms with Crippen molar-refractivity contribution >= 4 is 23.8 Å². The highest BCUT2D eigenvalue weighted by atomic mass is 16.5. The number of benzene rings is 2. The summed E-state index contributed by atoms with van der Waals surface area (Å²) in [6, 6.07) is 19.8. The van der Waals surface area contributed by atoms with Crippen molar-refractivity contribution in [3.8, 4) is 6.07 Å². The third-order valence-corrected chi connectivity index (χ3v) is 7.62. The molecule has 2 aromatic rings. The second kappa shape index (κ2) is 9.94. The number of esters is 1. The Morgan fingerprint density at radius 2 is 1.39 bits per heavy atom. The molecule has 2 aliphatic rings. The molecule has 0 N–H and O–H groups in total. The van der Waals surface area contributed by atoms with E-state index < -0.39 is 52.9 Å². The van der Waals surface area contributed by atoms with Crippen LogP contribution in [0.4, 0.5) is 4.79 Å². The highest BCUT2D eigenvalue weighted by molar-refractivity contribution is 6.20. The van der Waals surface area contributed by atoms with Crippen LogP contribution in [0.2, 0.25) is 0 Å². The molecule has 8 nitrogen and oxygen atoms in total. The van der Waals surface area contributed by atoms with E-state index >= 15 is 0 Å². The molecule has 1 heterocycles. The number of ether oxygens (including phenoxy) is 1. The zero-order valence-corrected chi connectivity index (χ0v) is 20.6. The zero-order chi connectivity index (χ0) is 26.0. The molecule has 2 fully saturated rings. The van der Waals surface area contributed by atoms with Crippen LogP contribution in [0, 0.1) is 28.6 Å². The second-order valence-corrected chi connectivity index (χ2v) is 9.40. The number of barbiturate groups is 1. The largest absolute Gasteiger partial charge is 0.465 e. The van der Waals surface area contributed by atoms with Gasteiger partial charge in [-0.3, -0.25) is 24.2 Å². The molecule has 2 unspecified atom stereocenters. The van der Waals surface area contributed by atoms with Gasteiger partial charge in [0.1, 0.15) is 11.3 Å². The van der Waals surface area contributed by atoms with Crippen LogP contribution in [-0.2, 0) is 19.1 Å². The topological polar surface area (TPSA) is 108 Å². The highest BCUT2D eigenvalue weighted by Crippen LogP contribution is 2.60. The van der Waals surface area contributed by atoms with Crippen LogP contribution >= 0.6 is 0 Å². The molecule has 1 saturated heterocycles. The fourth-order valence-corrected chi connectivity index (χ4v) is 5.98. The lowest BCUT2D eigenvalue weighted by atomic mass is 9.51. The number of imide groups is 2. The molecule has 0 bridgehead atoms. The zero-order valence-electron chi connectivity index (χ0n) is 20.6. The molecule has 1 saturated carbocycles. The summed E-state index contributed by atoms with van der Waals surface area (Å²) in [5.41, 5.74) is -0.145. The predicted molar refractivity (Wildman–Crippen MR) is 130 cm³/mol. The first-order chi connectivity index (χ1) is 17.3. The van der Waals surface area contributed by atoms with Gasteiger partial charge in [0.05, 0.1) is 12.7 Å². The first-order valence-corrected chi connectivity index (χ1v) is 12.0. The van der Waals surface area contributed by atoms with E-state index in [4.69, 9.17) is 4.74 Å². The van der Waals surface area contributed by atoms with Crippen molar-refractivity contribution in [3.63, 3.8) is 0 Å². The predicted octanol–water partition coefficient (Wildman–Crippen LogP) is 3.70. The molecule has 0 radical (unpaired) electrons. The van der Waals surface area contributed by atoms with Crippen LogP contribution < -0.4 is 0 Å². The van der Waals surface area contributed by atoms with Gasteiger partial charge in [0.2, 0.25) is 11.8 Å². The normalized spacial score (nSPS) is 24.4. The van der Waals surface area contributed by atoms with Gasteiger partial charge in [-0.05, 0) is 36.8 Å². The van der Waals surface area contributed by atoms with Gasteiger partial charge in [-0.15, -0.1) is 0 Å². The molecule has 1 aliphatic carbocycles. The third kappa shape index (κ3) is 3.85. The van der Waals surface area contributed by atoms with E-state index in [1.807, 2.05) is 60.7 Å². The first-order valence-electron chi connectivity index (χ1n) is 12.0. The molecule has 1 spiro atoms. The summed E-state index contributed by atoms with van der Waals surface area (Å²) in [5, 5.41) is 9.97. The standard InChI is InChI=1S/C28H29N3O5/c1-4-36-24(32)21(17-29)20-15-22(18-11-7-5-8-12-18)28(23(16-20)19-13-9-6-10-14-19)25(33)30(2)27(35)31(3)26(28)34/h5-14,20-23H,4,15-16H2,1-3H3/t20?,21?,22-,23+. The lowest BCUT2D eigenvalue weighted by Crippen LogP contribution is -2.68. The molecule has 4 atom stereocenters. The number of nitriles is 1. The monoisotopic (exact) mass is 487 g/mol. The number of urea groups is 1. The minimum Gasteiger partial charge on any atom is -0.465 e. The Morgan fingerprint density at radius 3 is 1.78 bits per heavy atom. The first kappa shape index (κ1) is 25.1. The average Bonchev–Trinajstić information content (AvgIpc) is 2.91. The van der Waals surface area contributed by atoms with Crippen LogP contribution in [-0.4, -0.2) is 54.3 Å². The summed E-state index contributed by atoms with van der Waals surface area (Å²) in [4.78, 5) is 55.8. The highest BCUT2D eigenvalue weighted by Gasteiger charge is 2.66. The summed E-state index contributed by atoms with van der Waals surface area (Å²) in [7, 11) is 2.78. The van der Waals surface area contributed by atoms with E-state index in [0.717, 1.165) is 20.9 Å². The molecule has 8 heteroatoms. The summed E-state index contributed by atoms with van der Waals surface area (Å²) >= 11 is 0. The number of amides is 4. The third-order valence-electron chi connectivity index (χ3n) is 7.62. The van der Waals surface area contributed by atoms with Gasteiger partial charge in [-0.2, -0.15) is 5.26 Å². The van der Waals surface area contributed by atoms with Crippen LogP contribution in [0.15, 0.2) is 60.7 Å². The van der Waals surface area contributed by atoms with E-state index in [0.29, 0.717) is 0 Å². The minimum atomic E-state index is -1.62. The Bertz CT molecular complexity index is 1130. The van der Waals surface area contributed by atoms with E-state index in [1.54, 1.807) is 6.92 Å². The van der Waals surface area contributed by atoms with Crippen LogP contribution in [0.25, 0.3) is 0 Å². The molecule has 2 aromatic carbocycles. The van der Waals surface area contributed by atoms with Crippen molar-refractivity contribution in [2.24, 2.45) is 17.3 Å². The summed E-state index contributed by atoms with van der Waals surface area (Å²) in [6.07, 6.45) is 0.468. The molecule has 4 rings (SSSR count). The Labute approximate surface area is 210 Å². The van der Waals surface area contributed by atoms with Crippen molar-refractivity contribution in [2.45, 2.75) is 31.6 Å². The summed E-state index contributed by atoms with van der Waals surface area (Å²) in [6.45, 7) is 1.83. The van der Waals surface area contributed by atoms with Crippen molar-refractivity contribution in [1.82, 2.24) is 9.80 Å². The van der Waals surface area contributed by atoms with Gasteiger partial charge < -0.3 is 4.74 Å². The maximum atomic E-state index is 14.1. The number of nitrogens with zero attached hydrogens (tertiary/aromatic N) is 3. The van der Waals surface area contributed by atoms with Crippen molar-refractivity contribution in [1.29, 1.82) is 5.26 Å². The summed E-state index contributed by atoms with van der Waals surface area (Å²) < 4.78 is 5.20. The lowest BCUT2D eigenvalue weighted by Gasteiger charge is -2.54. The van der Waals surface area contributed by atoms with Crippen molar-refractivity contribution < 1.29 is 23.9 Å². The maximum absolute atomic E-state index is 14.1. The molecule has 186 valence electrons. The van der Waals surface area contributed by atoms with Crippen molar-refractivity contribution in [2.75, 3.05) is 20.7 Å². The minimum absolute atomic E-state index is 0.145. The molecule has 4 amide bonds. The van der Waals surface area contributed by atoms with Gasteiger partial charge in [-0.25, -0.2) is 4.79 Å². The SMILES string of the molecule is CCOC(=O)C(C#N)C1C[C@H](c2ccccc2)C2(C(=O)N(C)C(=O)N(C)C2=O)[C@H](c2ccccc2)C1. The van der Waals surface area contributed by atoms with E-state index in [9.17, 15) is 24.4 Å². The fourth-order valence-electron chi connectivity index (χ4n) is 5.98. The van der Waals surface area contributed by atoms with Crippen LogP contribution in [0.3, 0.4) is 0 Å². The molecule has 1 aliphatic heterocycles. The fraction of sp³-hybridized carbons (Fsp3) is 0.393. The summed E-state index contributed by atoms with van der Waals surface area (Å²) in [5.74, 6) is -4.61. The van der Waals surface area contributed by atoms with Crippen LogP contribution in [0.5, 0.6) is 0 Å². The molecule has 0 aromatic heterocycles. The number of carbonyl (C=O) groups excluding carboxylic acids is 4. The van der Waals surface area contributed by atoms with E-state index in [2.05, 4.69) is 6.07 Å². The van der Waals surface area contributed by atoms with Gasteiger partial charge >= 0.3 is 12.0 Å². The lowest BCUT2D eigenvalue weighted by molar-refractivity contribution is -0.165. The Balaban J connectivity index is 1.97. The Kier molecular flexibility index (Phi) is 6.93. The Hall–Kier alpha value is -3.99. The van der Waals surface area contributed by atoms with Gasteiger partial charge in [0, 0.05) is 25.9 Å². The number of rotatable bonds is 5. The smallest absolute Gasteiger partial charge is 0.332 e. The van der Waals surface area contributed by atoms with Gasteiger partial charge in [0.15, 0.2) is 0 Å². The van der Waals surface area contributed by atoms with E-state index in [-0.39, 0.29) is 19.4 Å². The Morgan fingerprint density at radius 1 is 0.944 bits per heavy atom. The van der Waals surface area contributed by atoms with E-state index in [1.165, 1.54) is 14.1 Å². The average molecular weight is 488 g/mol. The molecule has 36 heavy (non-hydrogen) atoms.